The second-order valence-corrected chi connectivity index (χ2v) is 6.82. The summed E-state index contributed by atoms with van der Waals surface area (Å²) >= 11 is 0. The molecular formula is C14H13BN2O4S. The first-order chi connectivity index (χ1) is 10.4. The van der Waals surface area contributed by atoms with E-state index in [2.05, 4.69) is 5.10 Å². The van der Waals surface area contributed by atoms with Crippen LogP contribution in [-0.2, 0) is 10.0 Å². The van der Waals surface area contributed by atoms with E-state index in [1.807, 2.05) is 6.92 Å². The second-order valence-electron chi connectivity index (χ2n) is 5.02. The van der Waals surface area contributed by atoms with E-state index in [-0.39, 0.29) is 16.1 Å². The number of fused-ring (bicyclic) bond motifs is 1. The Kier molecular flexibility index (Phi) is 3.42. The van der Waals surface area contributed by atoms with Crippen LogP contribution in [0.1, 0.15) is 11.1 Å². The van der Waals surface area contributed by atoms with Gasteiger partial charge in [-0.2, -0.15) is 9.43 Å². The van der Waals surface area contributed by atoms with Gasteiger partial charge in [0.25, 0.3) is 10.0 Å². The third-order valence-corrected chi connectivity index (χ3v) is 5.09. The van der Waals surface area contributed by atoms with E-state index >= 15 is 0 Å². The van der Waals surface area contributed by atoms with Crippen molar-refractivity contribution < 1.29 is 18.5 Å². The summed E-state index contributed by atoms with van der Waals surface area (Å²) in [6.45, 7) is 1.85. The lowest BCUT2D eigenvalue weighted by Gasteiger charge is -2.26. The Morgan fingerprint density at radius 1 is 1.14 bits per heavy atom. The van der Waals surface area contributed by atoms with Crippen LogP contribution in [0.3, 0.4) is 0 Å². The molecular weight excluding hydrogens is 303 g/mol. The summed E-state index contributed by atoms with van der Waals surface area (Å²) in [6.07, 6.45) is 1.34. The zero-order valence-corrected chi connectivity index (χ0v) is 12.5. The number of hydrazone groups is 1. The molecule has 112 valence electrons. The Bertz CT molecular complexity index is 850. The van der Waals surface area contributed by atoms with E-state index in [0.717, 1.165) is 5.56 Å². The van der Waals surface area contributed by atoms with Gasteiger partial charge in [0.2, 0.25) is 0 Å². The molecule has 2 aromatic carbocycles. The van der Waals surface area contributed by atoms with Gasteiger partial charge in [-0.25, -0.2) is 8.42 Å². The molecule has 0 amide bonds. The molecule has 0 saturated heterocycles. The van der Waals surface area contributed by atoms with Gasteiger partial charge >= 0.3 is 7.05 Å². The fourth-order valence-corrected chi connectivity index (χ4v) is 3.46. The average molecular weight is 316 g/mol. The first kappa shape index (κ1) is 14.6. The lowest BCUT2D eigenvalue weighted by Crippen LogP contribution is -2.52. The largest absolute Gasteiger partial charge is 0.508 e. The normalized spacial score (nSPS) is 14.1. The zero-order valence-electron chi connectivity index (χ0n) is 11.7. The number of rotatable bonds is 2. The van der Waals surface area contributed by atoms with E-state index in [4.69, 9.17) is 0 Å². The number of phenols is 1. The Hall–Kier alpha value is -2.32. The number of hydrogen-bond donors (Lipinski definition) is 2. The van der Waals surface area contributed by atoms with Crippen molar-refractivity contribution in [3.63, 3.8) is 0 Å². The maximum Gasteiger partial charge on any atom is 0.484 e. The van der Waals surface area contributed by atoms with Crippen LogP contribution >= 0.6 is 0 Å². The minimum absolute atomic E-state index is 0.0397. The van der Waals surface area contributed by atoms with Crippen LogP contribution in [-0.4, -0.2) is 36.1 Å². The van der Waals surface area contributed by atoms with Crippen molar-refractivity contribution in [1.82, 2.24) is 4.33 Å². The van der Waals surface area contributed by atoms with Crippen LogP contribution in [0, 0.1) is 6.92 Å². The predicted molar refractivity (Wildman–Crippen MR) is 83.5 cm³/mol. The van der Waals surface area contributed by atoms with Crippen molar-refractivity contribution in [1.29, 1.82) is 0 Å². The van der Waals surface area contributed by atoms with Gasteiger partial charge in [0.1, 0.15) is 5.75 Å². The van der Waals surface area contributed by atoms with Crippen molar-refractivity contribution >= 4 is 28.8 Å². The highest BCUT2D eigenvalue weighted by Crippen LogP contribution is 2.20. The van der Waals surface area contributed by atoms with Crippen molar-refractivity contribution in [3.8, 4) is 5.75 Å². The lowest BCUT2D eigenvalue weighted by atomic mass is 9.71. The van der Waals surface area contributed by atoms with E-state index in [9.17, 15) is 18.5 Å². The third-order valence-electron chi connectivity index (χ3n) is 3.43. The average Bonchev–Trinajstić information content (AvgIpc) is 2.48. The summed E-state index contributed by atoms with van der Waals surface area (Å²) < 4.78 is 25.8. The third kappa shape index (κ3) is 2.36. The zero-order chi connectivity index (χ0) is 15.9. The molecule has 3 rings (SSSR count). The highest BCUT2D eigenvalue weighted by Gasteiger charge is 2.38. The first-order valence-electron chi connectivity index (χ1n) is 6.55. The summed E-state index contributed by atoms with van der Waals surface area (Å²) in [4.78, 5) is 0.0397. The standard InChI is InChI=1S/C14H13BN2O4S/c1-10-2-6-13(7-3-10)22(20,21)17-15(19)14-8-12(18)5-4-11(14)9-16-17/h2-9,18-19H,1H3. The Balaban J connectivity index is 2.04. The topological polar surface area (TPSA) is 90.2 Å². The van der Waals surface area contributed by atoms with Gasteiger partial charge in [0.15, 0.2) is 0 Å². The quantitative estimate of drug-likeness (QED) is 0.786. The molecule has 1 heterocycles. The fraction of sp³-hybridized carbons (Fsp3) is 0.0714. The molecule has 0 spiro atoms. The van der Waals surface area contributed by atoms with Crippen LogP contribution < -0.4 is 5.46 Å². The van der Waals surface area contributed by atoms with Gasteiger partial charge in [0.05, 0.1) is 11.1 Å². The Morgan fingerprint density at radius 2 is 1.82 bits per heavy atom. The van der Waals surface area contributed by atoms with Gasteiger partial charge in [-0.3, -0.25) is 0 Å². The molecule has 0 atom stereocenters. The maximum atomic E-state index is 12.6. The van der Waals surface area contributed by atoms with E-state index in [1.165, 1.54) is 30.5 Å². The van der Waals surface area contributed by atoms with Gasteiger partial charge < -0.3 is 10.1 Å². The number of nitrogens with zero attached hydrogens (tertiary/aromatic N) is 2. The summed E-state index contributed by atoms with van der Waals surface area (Å²) in [5, 5.41) is 23.7. The lowest BCUT2D eigenvalue weighted by molar-refractivity contribution is 0.468. The van der Waals surface area contributed by atoms with Crippen LogP contribution in [0.5, 0.6) is 5.75 Å². The van der Waals surface area contributed by atoms with Crippen molar-refractivity contribution in [2.45, 2.75) is 11.8 Å². The summed E-state index contributed by atoms with van der Waals surface area (Å²) in [7, 11) is -5.47. The number of benzene rings is 2. The Morgan fingerprint density at radius 3 is 2.50 bits per heavy atom. The van der Waals surface area contributed by atoms with E-state index in [1.54, 1.807) is 18.2 Å². The summed E-state index contributed by atoms with van der Waals surface area (Å²) in [5.41, 5.74) is 1.77. The molecule has 0 unspecified atom stereocenters. The maximum absolute atomic E-state index is 12.6. The van der Waals surface area contributed by atoms with Crippen molar-refractivity contribution in [2.24, 2.45) is 5.10 Å². The number of aromatic hydroxyl groups is 1. The second kappa shape index (κ2) is 5.15. The molecule has 0 aromatic heterocycles. The monoisotopic (exact) mass is 316 g/mol. The molecule has 8 heteroatoms. The minimum Gasteiger partial charge on any atom is -0.508 e. The summed E-state index contributed by atoms with van der Waals surface area (Å²) in [5.74, 6) is -0.0548. The van der Waals surface area contributed by atoms with Crippen LogP contribution in [0.25, 0.3) is 0 Å². The van der Waals surface area contributed by atoms with Gasteiger partial charge in [-0.1, -0.05) is 23.8 Å². The number of sulfonamides is 1. The number of aryl methyl sites for hydroxylation is 1. The van der Waals surface area contributed by atoms with Crippen LogP contribution in [0.4, 0.5) is 0 Å². The predicted octanol–water partition coefficient (Wildman–Crippen LogP) is 0.427. The molecule has 22 heavy (non-hydrogen) atoms. The molecule has 6 nitrogen and oxygen atoms in total. The fourth-order valence-electron chi connectivity index (χ4n) is 2.22. The smallest absolute Gasteiger partial charge is 0.484 e. The minimum atomic E-state index is -3.98. The molecule has 0 aliphatic carbocycles. The number of phenolic OH excluding ortho intramolecular Hbond substituents is 1. The summed E-state index contributed by atoms with van der Waals surface area (Å²) in [6, 6.07) is 10.6. The molecule has 2 N–H and O–H groups in total. The highest BCUT2D eigenvalue weighted by atomic mass is 32.2. The van der Waals surface area contributed by atoms with Gasteiger partial charge in [-0.15, -0.1) is 0 Å². The van der Waals surface area contributed by atoms with Gasteiger partial charge in [0, 0.05) is 0 Å². The first-order valence-corrected chi connectivity index (χ1v) is 8.00. The van der Waals surface area contributed by atoms with Gasteiger partial charge in [-0.05, 0) is 42.2 Å². The molecule has 0 saturated carbocycles. The highest BCUT2D eigenvalue weighted by molar-refractivity contribution is 7.90. The molecule has 0 bridgehead atoms. The van der Waals surface area contributed by atoms with Crippen LogP contribution in [0.2, 0.25) is 0 Å². The molecule has 0 radical (unpaired) electrons. The van der Waals surface area contributed by atoms with E-state index < -0.39 is 17.1 Å². The van der Waals surface area contributed by atoms with Crippen LogP contribution in [0.15, 0.2) is 52.5 Å². The van der Waals surface area contributed by atoms with E-state index in [0.29, 0.717) is 9.89 Å². The molecule has 2 aromatic rings. The number of hydrogen-bond acceptors (Lipinski definition) is 5. The SMILES string of the molecule is Cc1ccc(S(=O)(=O)N2N=Cc3ccc(O)cc3B2O)cc1. The molecule has 1 aliphatic heterocycles. The Labute approximate surface area is 128 Å². The van der Waals surface area contributed by atoms with Crippen molar-refractivity contribution in [2.75, 3.05) is 0 Å². The van der Waals surface area contributed by atoms with Crippen molar-refractivity contribution in [3.05, 3.63) is 53.6 Å². The molecule has 0 fully saturated rings. The molecule has 1 aliphatic rings.